The van der Waals surface area contributed by atoms with Crippen molar-refractivity contribution < 1.29 is 4.79 Å². The van der Waals surface area contributed by atoms with Gasteiger partial charge in [0.25, 0.3) is 11.5 Å². The van der Waals surface area contributed by atoms with Crippen molar-refractivity contribution in [2.75, 3.05) is 20.1 Å². The number of H-pyrrole nitrogens is 1. The smallest absolute Gasteiger partial charge is 0.272 e. The van der Waals surface area contributed by atoms with E-state index in [9.17, 15) is 14.9 Å². The van der Waals surface area contributed by atoms with Gasteiger partial charge in [-0.25, -0.2) is 5.10 Å². The van der Waals surface area contributed by atoms with E-state index in [0.717, 1.165) is 13.1 Å². The van der Waals surface area contributed by atoms with Gasteiger partial charge >= 0.3 is 0 Å². The molecule has 7 nitrogen and oxygen atoms in total. The van der Waals surface area contributed by atoms with Gasteiger partial charge in [-0.15, -0.1) is 0 Å². The van der Waals surface area contributed by atoms with Gasteiger partial charge in [0.2, 0.25) is 0 Å². The van der Waals surface area contributed by atoms with Gasteiger partial charge in [0.15, 0.2) is 0 Å². The molecule has 1 fully saturated rings. The first-order valence-electron chi connectivity index (χ1n) is 6.03. The number of nitrogens with zero attached hydrogens (tertiary/aromatic N) is 3. The van der Waals surface area contributed by atoms with Crippen LogP contribution in [0.5, 0.6) is 0 Å². The molecule has 0 bridgehead atoms. The molecule has 0 radical (unpaired) electrons. The Morgan fingerprint density at radius 3 is 2.74 bits per heavy atom. The van der Waals surface area contributed by atoms with Crippen molar-refractivity contribution in [1.29, 1.82) is 5.26 Å². The first-order chi connectivity index (χ1) is 9.04. The van der Waals surface area contributed by atoms with Crippen LogP contribution in [0.25, 0.3) is 0 Å². The number of carbonyl (C=O) groups is 1. The molecule has 1 aliphatic rings. The normalized spacial score (nSPS) is 18.5. The van der Waals surface area contributed by atoms with Crippen LogP contribution >= 0.6 is 0 Å². The first kappa shape index (κ1) is 13.2. The van der Waals surface area contributed by atoms with E-state index in [4.69, 9.17) is 0 Å². The summed E-state index contributed by atoms with van der Waals surface area (Å²) in [7, 11) is 1.98. The Morgan fingerprint density at radius 1 is 1.53 bits per heavy atom. The molecule has 7 heteroatoms. The Balaban J connectivity index is 2.11. The number of aromatic nitrogens is 2. The maximum atomic E-state index is 12.0. The second kappa shape index (κ2) is 5.20. The second-order valence-electron chi connectivity index (χ2n) is 4.76. The van der Waals surface area contributed by atoms with Gasteiger partial charge in [0.1, 0.15) is 11.2 Å². The van der Waals surface area contributed by atoms with Crippen LogP contribution in [0.1, 0.15) is 23.3 Å². The molecular formula is C12H15N5O2. The fourth-order valence-electron chi connectivity index (χ4n) is 2.02. The minimum atomic E-state index is -0.846. The molecule has 2 heterocycles. The molecule has 0 unspecified atom stereocenters. The minimum absolute atomic E-state index is 0.105. The molecule has 2 N–H and O–H groups in total. The van der Waals surface area contributed by atoms with Gasteiger partial charge < -0.3 is 10.2 Å². The fourth-order valence-corrected chi connectivity index (χ4v) is 2.02. The number of likely N-dealkylation sites (tertiary alicyclic amines) is 1. The van der Waals surface area contributed by atoms with E-state index in [1.807, 2.05) is 7.05 Å². The quantitative estimate of drug-likeness (QED) is 0.746. The van der Waals surface area contributed by atoms with E-state index in [0.29, 0.717) is 12.8 Å². The molecule has 0 aromatic carbocycles. The SMILES string of the molecule is CN1CCC(C#N)(NC(=O)c2ccc(=O)[nH]n2)CC1. The van der Waals surface area contributed by atoms with Gasteiger partial charge in [0, 0.05) is 19.2 Å². The van der Waals surface area contributed by atoms with Crippen LogP contribution in [0.2, 0.25) is 0 Å². The Morgan fingerprint density at radius 2 is 2.21 bits per heavy atom. The van der Waals surface area contributed by atoms with E-state index < -0.39 is 11.4 Å². The van der Waals surface area contributed by atoms with Crippen LogP contribution in [0.4, 0.5) is 0 Å². The summed E-state index contributed by atoms with van der Waals surface area (Å²) in [5, 5.41) is 17.9. The first-order valence-corrected chi connectivity index (χ1v) is 6.03. The largest absolute Gasteiger partial charge is 0.332 e. The Bertz CT molecular complexity index is 546. The zero-order valence-electron chi connectivity index (χ0n) is 10.6. The van der Waals surface area contributed by atoms with E-state index in [2.05, 4.69) is 26.5 Å². The number of rotatable bonds is 2. The summed E-state index contributed by atoms with van der Waals surface area (Å²) >= 11 is 0. The molecule has 1 aromatic rings. The van der Waals surface area contributed by atoms with E-state index in [1.54, 1.807) is 0 Å². The molecule has 1 aliphatic heterocycles. The highest BCUT2D eigenvalue weighted by molar-refractivity contribution is 5.92. The lowest BCUT2D eigenvalue weighted by molar-refractivity contribution is 0.0875. The molecule has 0 aliphatic carbocycles. The molecule has 0 saturated carbocycles. The number of aromatic amines is 1. The predicted molar refractivity (Wildman–Crippen MR) is 67.4 cm³/mol. The van der Waals surface area contributed by atoms with Crippen molar-refractivity contribution in [2.45, 2.75) is 18.4 Å². The number of nitriles is 1. The molecule has 1 aromatic heterocycles. The van der Waals surface area contributed by atoms with E-state index in [-0.39, 0.29) is 11.3 Å². The number of piperidine rings is 1. The molecule has 19 heavy (non-hydrogen) atoms. The van der Waals surface area contributed by atoms with Crippen molar-refractivity contribution in [3.05, 3.63) is 28.2 Å². The molecule has 1 amide bonds. The topological polar surface area (TPSA) is 102 Å². The monoisotopic (exact) mass is 261 g/mol. The third-order valence-corrected chi connectivity index (χ3v) is 3.32. The van der Waals surface area contributed by atoms with Crippen LogP contribution in [0.15, 0.2) is 16.9 Å². The van der Waals surface area contributed by atoms with Crippen molar-refractivity contribution in [1.82, 2.24) is 20.4 Å². The highest BCUT2D eigenvalue weighted by atomic mass is 16.2. The summed E-state index contributed by atoms with van der Waals surface area (Å²) in [6.45, 7) is 1.51. The van der Waals surface area contributed by atoms with Crippen molar-refractivity contribution >= 4 is 5.91 Å². The van der Waals surface area contributed by atoms with Crippen molar-refractivity contribution in [2.24, 2.45) is 0 Å². The molecular weight excluding hydrogens is 246 g/mol. The maximum absolute atomic E-state index is 12.0. The number of nitrogens with one attached hydrogen (secondary N) is 2. The van der Waals surface area contributed by atoms with Gasteiger partial charge in [-0.2, -0.15) is 10.4 Å². The lowest BCUT2D eigenvalue weighted by Gasteiger charge is -2.35. The van der Waals surface area contributed by atoms with Crippen LogP contribution in [0, 0.1) is 11.3 Å². The number of hydrogen-bond acceptors (Lipinski definition) is 5. The Hall–Kier alpha value is -2.20. The molecule has 0 atom stereocenters. The van der Waals surface area contributed by atoms with Crippen LogP contribution < -0.4 is 10.9 Å². The Labute approximate surface area is 110 Å². The highest BCUT2D eigenvalue weighted by Crippen LogP contribution is 2.21. The summed E-state index contributed by atoms with van der Waals surface area (Å²) in [5.41, 5.74) is -1.11. The molecule has 100 valence electrons. The van der Waals surface area contributed by atoms with Crippen molar-refractivity contribution in [3.8, 4) is 6.07 Å². The third kappa shape index (κ3) is 2.98. The standard InChI is InChI=1S/C12H15N5O2/c1-17-6-4-12(8-13,5-7-17)14-11(19)9-2-3-10(18)16-15-9/h2-3H,4-7H2,1H3,(H,14,19)(H,16,18). The zero-order valence-corrected chi connectivity index (χ0v) is 10.6. The average Bonchev–Trinajstić information content (AvgIpc) is 2.42. The zero-order chi connectivity index (χ0) is 13.9. The Kier molecular flexibility index (Phi) is 3.62. The summed E-state index contributed by atoms with van der Waals surface area (Å²) in [4.78, 5) is 25.0. The van der Waals surface area contributed by atoms with Gasteiger partial charge in [-0.05, 0) is 26.0 Å². The van der Waals surface area contributed by atoms with E-state index in [1.165, 1.54) is 12.1 Å². The van der Waals surface area contributed by atoms with Crippen LogP contribution in [-0.2, 0) is 0 Å². The fraction of sp³-hybridized carbons (Fsp3) is 0.500. The average molecular weight is 261 g/mol. The van der Waals surface area contributed by atoms with Gasteiger partial charge in [-0.1, -0.05) is 0 Å². The number of carbonyl (C=O) groups excluding carboxylic acids is 1. The maximum Gasteiger partial charge on any atom is 0.272 e. The van der Waals surface area contributed by atoms with Crippen LogP contribution in [-0.4, -0.2) is 46.7 Å². The highest BCUT2D eigenvalue weighted by Gasteiger charge is 2.35. The number of amides is 1. The molecule has 2 rings (SSSR count). The van der Waals surface area contributed by atoms with Crippen molar-refractivity contribution in [3.63, 3.8) is 0 Å². The molecule has 1 saturated heterocycles. The van der Waals surface area contributed by atoms with Gasteiger partial charge in [-0.3, -0.25) is 9.59 Å². The van der Waals surface area contributed by atoms with Gasteiger partial charge in [0.05, 0.1) is 6.07 Å². The molecule has 0 spiro atoms. The summed E-state index contributed by atoms with van der Waals surface area (Å²) < 4.78 is 0. The summed E-state index contributed by atoms with van der Waals surface area (Å²) in [6.07, 6.45) is 1.16. The minimum Gasteiger partial charge on any atom is -0.332 e. The summed E-state index contributed by atoms with van der Waals surface area (Å²) in [6, 6.07) is 4.76. The number of hydrogen-bond donors (Lipinski definition) is 2. The third-order valence-electron chi connectivity index (χ3n) is 3.32. The predicted octanol–water partition coefficient (Wildman–Crippen LogP) is -0.512. The van der Waals surface area contributed by atoms with Crippen LogP contribution in [0.3, 0.4) is 0 Å². The second-order valence-corrected chi connectivity index (χ2v) is 4.76. The lowest BCUT2D eigenvalue weighted by Crippen LogP contribution is -2.54. The van der Waals surface area contributed by atoms with E-state index >= 15 is 0 Å². The lowest BCUT2D eigenvalue weighted by atomic mass is 9.89. The summed E-state index contributed by atoms with van der Waals surface area (Å²) in [5.74, 6) is -0.442.